The van der Waals surface area contributed by atoms with Crippen LogP contribution in [0.15, 0.2) is 47.0 Å². The van der Waals surface area contributed by atoms with E-state index in [1.54, 1.807) is 18.2 Å². The summed E-state index contributed by atoms with van der Waals surface area (Å²) in [4.78, 5) is 0. The second-order valence-electron chi connectivity index (χ2n) is 4.38. The van der Waals surface area contributed by atoms with Gasteiger partial charge in [-0.1, -0.05) is 46.6 Å². The minimum Gasteiger partial charge on any atom is -0.367 e. The molecule has 0 radical (unpaired) electrons. The molecule has 2 N–H and O–H groups in total. The number of hydrogen-bond acceptors (Lipinski definition) is 3. The zero-order valence-electron chi connectivity index (χ0n) is 10.6. The highest BCUT2D eigenvalue weighted by molar-refractivity contribution is 6.33. The van der Waals surface area contributed by atoms with Gasteiger partial charge in [0, 0.05) is 16.1 Å². The first-order valence-corrected chi connectivity index (χ1v) is 6.79. The van der Waals surface area contributed by atoms with E-state index in [4.69, 9.17) is 33.5 Å². The van der Waals surface area contributed by atoms with E-state index in [9.17, 15) is 4.39 Å². The molecule has 0 aliphatic rings. The molecular weight excluding hydrogens is 314 g/mol. The van der Waals surface area contributed by atoms with Gasteiger partial charge in [-0.15, -0.1) is 0 Å². The largest absolute Gasteiger partial charge is 0.367 e. The van der Waals surface area contributed by atoms with Crippen LogP contribution in [0.3, 0.4) is 0 Å². The van der Waals surface area contributed by atoms with Crippen LogP contribution in [-0.2, 0) is 0 Å². The number of nitrogens with two attached hydrogens (primary N) is 1. The number of benzene rings is 2. The molecule has 0 amide bonds. The van der Waals surface area contributed by atoms with Crippen LogP contribution in [0.5, 0.6) is 0 Å². The molecule has 0 spiro atoms. The number of halogens is 3. The van der Waals surface area contributed by atoms with Crippen molar-refractivity contribution in [3.05, 3.63) is 58.3 Å². The molecule has 1 aromatic heterocycles. The van der Waals surface area contributed by atoms with Crippen molar-refractivity contribution >= 4 is 29.1 Å². The summed E-state index contributed by atoms with van der Waals surface area (Å²) in [5, 5.41) is 4.45. The number of nitrogens with zero attached hydrogens (tertiary/aromatic N) is 1. The molecule has 2 aromatic carbocycles. The molecule has 0 aliphatic heterocycles. The van der Waals surface area contributed by atoms with Crippen LogP contribution < -0.4 is 5.73 Å². The van der Waals surface area contributed by atoms with Gasteiger partial charge in [-0.25, -0.2) is 4.39 Å². The standard InChI is InChI=1S/C15H9Cl2FN2O/c16-10-4-2-1-3-9(10)13-14(20-21-15(13)19)8-5-6-12(18)11(17)7-8/h1-7H,19H2. The maximum Gasteiger partial charge on any atom is 0.230 e. The number of aromatic nitrogens is 1. The minimum atomic E-state index is -0.504. The second kappa shape index (κ2) is 5.39. The monoisotopic (exact) mass is 322 g/mol. The first-order valence-electron chi connectivity index (χ1n) is 6.03. The fourth-order valence-corrected chi connectivity index (χ4v) is 2.48. The maximum atomic E-state index is 13.3. The minimum absolute atomic E-state index is 0.000759. The van der Waals surface area contributed by atoms with Crippen molar-refractivity contribution in [2.24, 2.45) is 0 Å². The van der Waals surface area contributed by atoms with E-state index < -0.39 is 5.82 Å². The Bertz CT molecular complexity index is 817. The van der Waals surface area contributed by atoms with Gasteiger partial charge in [-0.3, -0.25) is 0 Å². The topological polar surface area (TPSA) is 52.0 Å². The van der Waals surface area contributed by atoms with Gasteiger partial charge in [0.1, 0.15) is 11.5 Å². The van der Waals surface area contributed by atoms with Crippen LogP contribution in [0.2, 0.25) is 10.0 Å². The SMILES string of the molecule is Nc1onc(-c2ccc(F)c(Cl)c2)c1-c1ccccc1Cl. The molecule has 0 aliphatic carbocycles. The van der Waals surface area contributed by atoms with E-state index in [2.05, 4.69) is 5.16 Å². The maximum absolute atomic E-state index is 13.3. The van der Waals surface area contributed by atoms with Gasteiger partial charge in [-0.2, -0.15) is 0 Å². The lowest BCUT2D eigenvalue weighted by atomic mass is 10.0. The number of rotatable bonds is 2. The summed E-state index contributed by atoms with van der Waals surface area (Å²) in [5.74, 6) is -0.366. The van der Waals surface area contributed by atoms with Crippen molar-refractivity contribution in [1.82, 2.24) is 5.16 Å². The van der Waals surface area contributed by atoms with Crippen LogP contribution in [0, 0.1) is 5.82 Å². The fraction of sp³-hybridized carbons (Fsp3) is 0. The van der Waals surface area contributed by atoms with Crippen molar-refractivity contribution in [3.8, 4) is 22.4 Å². The van der Waals surface area contributed by atoms with Crippen molar-refractivity contribution in [1.29, 1.82) is 0 Å². The average molecular weight is 323 g/mol. The van der Waals surface area contributed by atoms with Crippen molar-refractivity contribution in [3.63, 3.8) is 0 Å². The second-order valence-corrected chi connectivity index (χ2v) is 5.19. The number of hydrogen-bond donors (Lipinski definition) is 1. The summed E-state index contributed by atoms with van der Waals surface area (Å²) in [6.45, 7) is 0. The lowest BCUT2D eigenvalue weighted by Gasteiger charge is -2.05. The van der Waals surface area contributed by atoms with Gasteiger partial charge in [0.05, 0.1) is 10.6 Å². The Labute approximate surface area is 130 Å². The fourth-order valence-electron chi connectivity index (χ4n) is 2.07. The van der Waals surface area contributed by atoms with E-state index in [-0.39, 0.29) is 10.9 Å². The van der Waals surface area contributed by atoms with E-state index in [1.165, 1.54) is 12.1 Å². The third-order valence-electron chi connectivity index (χ3n) is 3.05. The van der Waals surface area contributed by atoms with E-state index in [0.29, 0.717) is 27.4 Å². The summed E-state index contributed by atoms with van der Waals surface area (Å²) in [5.41, 5.74) is 8.15. The Morgan fingerprint density at radius 1 is 1.05 bits per heavy atom. The predicted molar refractivity (Wildman–Crippen MR) is 81.8 cm³/mol. The molecule has 3 aromatic rings. The zero-order chi connectivity index (χ0) is 15.0. The van der Waals surface area contributed by atoms with Crippen molar-refractivity contribution in [2.45, 2.75) is 0 Å². The Morgan fingerprint density at radius 3 is 2.52 bits per heavy atom. The molecule has 0 bridgehead atoms. The molecule has 1 heterocycles. The Kier molecular flexibility index (Phi) is 3.57. The summed E-state index contributed by atoms with van der Waals surface area (Å²) in [6, 6.07) is 11.5. The third-order valence-corrected chi connectivity index (χ3v) is 3.67. The average Bonchev–Trinajstić information content (AvgIpc) is 2.84. The lowest BCUT2D eigenvalue weighted by Crippen LogP contribution is -1.89. The molecule has 3 rings (SSSR count). The van der Waals surface area contributed by atoms with Gasteiger partial charge in [-0.05, 0) is 24.3 Å². The third kappa shape index (κ3) is 2.48. The molecule has 0 fully saturated rings. The van der Waals surface area contributed by atoms with E-state index in [1.807, 2.05) is 12.1 Å². The molecule has 3 nitrogen and oxygen atoms in total. The van der Waals surface area contributed by atoms with E-state index >= 15 is 0 Å². The highest BCUT2D eigenvalue weighted by Gasteiger charge is 2.20. The normalized spacial score (nSPS) is 10.8. The van der Waals surface area contributed by atoms with Crippen molar-refractivity contribution in [2.75, 3.05) is 5.73 Å². The first kappa shape index (κ1) is 13.9. The molecule has 0 saturated carbocycles. The summed E-state index contributed by atoms with van der Waals surface area (Å²) in [6.07, 6.45) is 0. The summed E-state index contributed by atoms with van der Waals surface area (Å²) in [7, 11) is 0. The summed E-state index contributed by atoms with van der Waals surface area (Å²) < 4.78 is 18.3. The molecule has 0 atom stereocenters. The van der Waals surface area contributed by atoms with Gasteiger partial charge in [0.25, 0.3) is 0 Å². The Balaban J connectivity index is 2.22. The van der Waals surface area contributed by atoms with Crippen molar-refractivity contribution < 1.29 is 8.91 Å². The highest BCUT2D eigenvalue weighted by atomic mass is 35.5. The summed E-state index contributed by atoms with van der Waals surface area (Å²) >= 11 is 12.0. The van der Waals surface area contributed by atoms with Crippen LogP contribution >= 0.6 is 23.2 Å². The van der Waals surface area contributed by atoms with Crippen LogP contribution in [-0.4, -0.2) is 5.16 Å². The van der Waals surface area contributed by atoms with Gasteiger partial charge >= 0.3 is 0 Å². The lowest BCUT2D eigenvalue weighted by molar-refractivity contribution is 0.439. The molecule has 0 saturated heterocycles. The van der Waals surface area contributed by atoms with Gasteiger partial charge < -0.3 is 10.3 Å². The molecule has 21 heavy (non-hydrogen) atoms. The Morgan fingerprint density at radius 2 is 1.81 bits per heavy atom. The zero-order valence-corrected chi connectivity index (χ0v) is 12.1. The van der Waals surface area contributed by atoms with Gasteiger partial charge in [0.15, 0.2) is 0 Å². The van der Waals surface area contributed by atoms with Gasteiger partial charge in [0.2, 0.25) is 5.88 Å². The Hall–Kier alpha value is -2.04. The predicted octanol–water partition coefficient (Wildman–Crippen LogP) is 5.04. The molecule has 6 heteroatoms. The van der Waals surface area contributed by atoms with Crippen LogP contribution in [0.4, 0.5) is 10.3 Å². The number of nitrogen functional groups attached to an aromatic ring is 1. The highest BCUT2D eigenvalue weighted by Crippen LogP contribution is 2.40. The first-order chi connectivity index (χ1) is 10.1. The van der Waals surface area contributed by atoms with E-state index in [0.717, 1.165) is 0 Å². The molecular formula is C15H9Cl2FN2O. The van der Waals surface area contributed by atoms with Crippen LogP contribution in [0.1, 0.15) is 0 Å². The quantitative estimate of drug-likeness (QED) is 0.719. The smallest absolute Gasteiger partial charge is 0.230 e. The van der Waals surface area contributed by atoms with Crippen LogP contribution in [0.25, 0.3) is 22.4 Å². The number of anilines is 1. The molecule has 106 valence electrons. The molecule has 0 unspecified atom stereocenters.